The first kappa shape index (κ1) is 15.6. The highest BCUT2D eigenvalue weighted by atomic mass is 32.1. The van der Waals surface area contributed by atoms with Crippen molar-refractivity contribution in [1.29, 1.82) is 0 Å². The number of hydrogen-bond acceptors (Lipinski definition) is 4. The van der Waals surface area contributed by atoms with Gasteiger partial charge in [0.2, 0.25) is 0 Å². The third-order valence-electron chi connectivity index (χ3n) is 2.92. The van der Waals surface area contributed by atoms with Crippen molar-refractivity contribution >= 4 is 11.3 Å². The van der Waals surface area contributed by atoms with Gasteiger partial charge in [-0.2, -0.15) is 0 Å². The minimum absolute atomic E-state index is 0.113. The zero-order chi connectivity index (χ0) is 13.8. The van der Waals surface area contributed by atoms with Gasteiger partial charge in [0.05, 0.1) is 17.3 Å². The number of aromatic nitrogens is 1. The molecule has 18 heavy (non-hydrogen) atoms. The second kappa shape index (κ2) is 6.64. The molecule has 0 aliphatic heterocycles. The molecule has 0 amide bonds. The predicted molar refractivity (Wildman–Crippen MR) is 78.1 cm³/mol. The summed E-state index contributed by atoms with van der Waals surface area (Å²) in [6, 6.07) is 0.542. The van der Waals surface area contributed by atoms with Gasteiger partial charge in [-0.25, -0.2) is 4.98 Å². The molecule has 0 radical (unpaired) electrons. The highest BCUT2D eigenvalue weighted by molar-refractivity contribution is 7.11. The van der Waals surface area contributed by atoms with Crippen LogP contribution in [0.3, 0.4) is 0 Å². The molecule has 1 heterocycles. The maximum atomic E-state index is 5.24. The van der Waals surface area contributed by atoms with Crippen molar-refractivity contribution in [3.63, 3.8) is 0 Å². The molecule has 3 nitrogen and oxygen atoms in total. The number of hydrogen-bond donors (Lipinski definition) is 1. The van der Waals surface area contributed by atoms with Gasteiger partial charge < -0.3 is 10.1 Å². The summed E-state index contributed by atoms with van der Waals surface area (Å²) in [5, 5.41) is 4.72. The summed E-state index contributed by atoms with van der Waals surface area (Å²) in [6.45, 7) is 12.5. The molecule has 0 saturated carbocycles. The normalized spacial score (nSPS) is 13.9. The van der Waals surface area contributed by atoms with E-state index in [4.69, 9.17) is 9.72 Å². The van der Waals surface area contributed by atoms with Gasteiger partial charge in [0.1, 0.15) is 0 Å². The van der Waals surface area contributed by atoms with Gasteiger partial charge in [0.15, 0.2) is 0 Å². The van der Waals surface area contributed by atoms with E-state index in [0.29, 0.717) is 12.6 Å². The van der Waals surface area contributed by atoms with Crippen LogP contribution in [0, 0.1) is 0 Å². The van der Waals surface area contributed by atoms with Crippen LogP contribution in [-0.2, 0) is 23.3 Å². The maximum Gasteiger partial charge on any atom is 0.0986 e. The van der Waals surface area contributed by atoms with Gasteiger partial charge in [-0.1, -0.05) is 27.7 Å². The Morgan fingerprint density at radius 1 is 1.39 bits per heavy atom. The first-order chi connectivity index (χ1) is 8.38. The van der Waals surface area contributed by atoms with E-state index in [2.05, 4.69) is 39.9 Å². The molecule has 0 aliphatic rings. The summed E-state index contributed by atoms with van der Waals surface area (Å²) in [6.07, 6.45) is 1.14. The third-order valence-corrected chi connectivity index (χ3v) is 4.45. The van der Waals surface area contributed by atoms with Crippen LogP contribution in [0.25, 0.3) is 0 Å². The number of thiazole rings is 1. The fourth-order valence-electron chi connectivity index (χ4n) is 1.50. The molecule has 0 aromatic carbocycles. The minimum Gasteiger partial charge on any atom is -0.378 e. The second-order valence-electron chi connectivity index (χ2n) is 5.76. The van der Waals surface area contributed by atoms with Crippen LogP contribution in [0.2, 0.25) is 0 Å². The smallest absolute Gasteiger partial charge is 0.0986 e. The summed E-state index contributed by atoms with van der Waals surface area (Å²) in [7, 11) is 1.72. The summed E-state index contributed by atoms with van der Waals surface area (Å²) >= 11 is 1.81. The Balaban J connectivity index is 2.84. The molecule has 104 valence electrons. The van der Waals surface area contributed by atoms with E-state index in [-0.39, 0.29) is 5.41 Å². The van der Waals surface area contributed by atoms with Crippen LogP contribution >= 0.6 is 11.3 Å². The van der Waals surface area contributed by atoms with E-state index in [9.17, 15) is 0 Å². The second-order valence-corrected chi connectivity index (χ2v) is 6.85. The molecule has 0 spiro atoms. The van der Waals surface area contributed by atoms with Crippen LogP contribution in [0.5, 0.6) is 0 Å². The van der Waals surface area contributed by atoms with E-state index in [0.717, 1.165) is 18.7 Å². The molecular weight excluding hydrogens is 244 g/mol. The Hall–Kier alpha value is -0.450. The van der Waals surface area contributed by atoms with Gasteiger partial charge in [-0.15, -0.1) is 11.3 Å². The van der Waals surface area contributed by atoms with Gasteiger partial charge in [-0.05, 0) is 13.3 Å². The van der Waals surface area contributed by atoms with E-state index in [1.165, 1.54) is 9.88 Å². The average Bonchev–Trinajstić information content (AvgIpc) is 2.69. The van der Waals surface area contributed by atoms with Crippen molar-refractivity contribution in [3.8, 4) is 0 Å². The van der Waals surface area contributed by atoms with Gasteiger partial charge in [0.25, 0.3) is 0 Å². The molecule has 1 rings (SSSR count). The van der Waals surface area contributed by atoms with Crippen molar-refractivity contribution in [2.24, 2.45) is 0 Å². The number of nitrogens with one attached hydrogen (secondary N) is 1. The fraction of sp³-hybridized carbons (Fsp3) is 0.786. The fourth-order valence-corrected chi connectivity index (χ4v) is 2.58. The molecule has 4 heteroatoms. The first-order valence-electron chi connectivity index (χ1n) is 6.59. The van der Waals surface area contributed by atoms with Crippen molar-refractivity contribution in [2.45, 2.75) is 65.6 Å². The lowest BCUT2D eigenvalue weighted by Gasteiger charge is -2.13. The first-order valence-corrected chi connectivity index (χ1v) is 7.41. The predicted octanol–water partition coefficient (Wildman–Crippen LogP) is 3.48. The Bertz CT molecular complexity index is 368. The number of methoxy groups -OCH3 is 1. The SMILES string of the molecule is CCC(C)NCc1sc(C(C)(C)C)nc1COC. The highest BCUT2D eigenvalue weighted by Gasteiger charge is 2.21. The molecule has 1 N–H and O–H groups in total. The van der Waals surface area contributed by atoms with Crippen molar-refractivity contribution in [3.05, 3.63) is 15.6 Å². The lowest BCUT2D eigenvalue weighted by atomic mass is 9.98. The quantitative estimate of drug-likeness (QED) is 0.859. The van der Waals surface area contributed by atoms with E-state index in [1.807, 2.05) is 0 Å². The average molecular weight is 270 g/mol. The van der Waals surface area contributed by atoms with Crippen molar-refractivity contribution in [2.75, 3.05) is 7.11 Å². The Morgan fingerprint density at radius 3 is 2.56 bits per heavy atom. The summed E-state index contributed by atoms with van der Waals surface area (Å²) in [5.41, 5.74) is 1.20. The zero-order valence-corrected chi connectivity index (χ0v) is 13.3. The standard InChI is InChI=1S/C14H26N2OS/c1-7-10(2)15-8-12-11(9-17-6)16-13(18-12)14(3,4)5/h10,15H,7-9H2,1-6H3. The third kappa shape index (κ3) is 4.34. The molecule has 1 unspecified atom stereocenters. The maximum absolute atomic E-state index is 5.24. The molecule has 0 bridgehead atoms. The van der Waals surface area contributed by atoms with Crippen LogP contribution in [0.15, 0.2) is 0 Å². The van der Waals surface area contributed by atoms with Crippen LogP contribution < -0.4 is 5.32 Å². The van der Waals surface area contributed by atoms with Crippen molar-refractivity contribution in [1.82, 2.24) is 10.3 Å². The monoisotopic (exact) mass is 270 g/mol. The van der Waals surface area contributed by atoms with Crippen LogP contribution in [0.4, 0.5) is 0 Å². The summed E-state index contributed by atoms with van der Waals surface area (Å²) in [4.78, 5) is 6.04. The van der Waals surface area contributed by atoms with E-state index < -0.39 is 0 Å². The largest absolute Gasteiger partial charge is 0.378 e. The van der Waals surface area contributed by atoms with E-state index in [1.54, 1.807) is 18.4 Å². The molecule has 1 atom stereocenters. The van der Waals surface area contributed by atoms with Gasteiger partial charge >= 0.3 is 0 Å². The lowest BCUT2D eigenvalue weighted by Crippen LogP contribution is -2.24. The topological polar surface area (TPSA) is 34.2 Å². The molecule has 1 aromatic rings. The molecule has 0 saturated heterocycles. The van der Waals surface area contributed by atoms with E-state index >= 15 is 0 Å². The summed E-state index contributed by atoms with van der Waals surface area (Å²) < 4.78 is 5.24. The molecule has 0 fully saturated rings. The zero-order valence-electron chi connectivity index (χ0n) is 12.5. The van der Waals surface area contributed by atoms with Gasteiger partial charge in [0, 0.05) is 30.0 Å². The highest BCUT2D eigenvalue weighted by Crippen LogP contribution is 2.29. The minimum atomic E-state index is 0.113. The Labute approximate surface area is 115 Å². The Kier molecular flexibility index (Phi) is 5.76. The molecular formula is C14H26N2OS. The number of nitrogens with zero attached hydrogens (tertiary/aromatic N) is 1. The summed E-state index contributed by atoms with van der Waals surface area (Å²) in [5.74, 6) is 0. The van der Waals surface area contributed by atoms with Crippen molar-refractivity contribution < 1.29 is 4.74 Å². The number of rotatable bonds is 6. The lowest BCUT2D eigenvalue weighted by molar-refractivity contribution is 0.181. The molecule has 0 aliphatic carbocycles. The van der Waals surface area contributed by atoms with Crippen LogP contribution in [0.1, 0.15) is 56.6 Å². The Morgan fingerprint density at radius 2 is 2.06 bits per heavy atom. The van der Waals surface area contributed by atoms with Crippen LogP contribution in [-0.4, -0.2) is 18.1 Å². The van der Waals surface area contributed by atoms with Gasteiger partial charge in [-0.3, -0.25) is 0 Å². The number of ether oxygens (including phenoxy) is 1. The molecule has 1 aromatic heterocycles.